The number of anilines is 3. The van der Waals surface area contributed by atoms with E-state index in [1.54, 1.807) is 18.0 Å². The largest absolute Gasteiger partial charge is 0.478 e. The number of rotatable bonds is 8. The number of benzene rings is 1. The van der Waals surface area contributed by atoms with Gasteiger partial charge >= 0.3 is 0 Å². The van der Waals surface area contributed by atoms with Crippen LogP contribution in [0.25, 0.3) is 22.2 Å². The molecule has 10 nitrogen and oxygen atoms in total. The first-order valence-electron chi connectivity index (χ1n) is 12.8. The standard InChI is InChI=1S/C27H34N8O2/c1-5-18-10-13-35(14-11-18)17(2)25(36)30-22-8-6-7-19-20(15-29-24(19)22)21-9-12-28-27(31-21)32-23-16-34(3)33-26(23)37-4/h6-9,12,15-18,29H,5,10-11,13-14H2,1-4H3,(H,30,36)(H,28,31,32)/t17-/m1/s1. The van der Waals surface area contributed by atoms with Crippen LogP contribution in [0.3, 0.4) is 0 Å². The Kier molecular flexibility index (Phi) is 7.09. The number of fused-ring (bicyclic) bond motifs is 1. The SMILES string of the molecule is CCC1CCN([C@H](C)C(=O)Nc2cccc3c(-c4ccnc(Nc5cn(C)nc5OC)n4)c[nH]c23)CC1. The van der Waals surface area contributed by atoms with E-state index in [4.69, 9.17) is 9.72 Å². The minimum absolute atomic E-state index is 0.0116. The van der Waals surface area contributed by atoms with Crippen molar-refractivity contribution in [3.8, 4) is 17.1 Å². The second-order valence-corrected chi connectivity index (χ2v) is 9.60. The molecule has 4 aromatic rings. The van der Waals surface area contributed by atoms with Crippen LogP contribution in [0, 0.1) is 5.92 Å². The fraction of sp³-hybridized carbons (Fsp3) is 0.407. The van der Waals surface area contributed by atoms with Gasteiger partial charge in [-0.2, -0.15) is 0 Å². The average Bonchev–Trinajstić information content (AvgIpc) is 3.52. The Morgan fingerprint density at radius 2 is 2.05 bits per heavy atom. The normalized spacial score (nSPS) is 15.6. The van der Waals surface area contributed by atoms with Crippen molar-refractivity contribution in [1.82, 2.24) is 29.6 Å². The predicted octanol–water partition coefficient (Wildman–Crippen LogP) is 4.56. The number of amides is 1. The number of aryl methyl sites for hydroxylation is 1. The zero-order valence-electron chi connectivity index (χ0n) is 21.8. The lowest BCUT2D eigenvalue weighted by atomic mass is 9.93. The Morgan fingerprint density at radius 1 is 1.24 bits per heavy atom. The molecule has 1 fully saturated rings. The summed E-state index contributed by atoms with van der Waals surface area (Å²) in [5.74, 6) is 1.69. The summed E-state index contributed by atoms with van der Waals surface area (Å²) < 4.78 is 6.98. The molecular weight excluding hydrogens is 468 g/mol. The second kappa shape index (κ2) is 10.6. The van der Waals surface area contributed by atoms with Gasteiger partial charge in [0, 0.05) is 30.4 Å². The van der Waals surface area contributed by atoms with E-state index in [0.29, 0.717) is 17.5 Å². The molecule has 0 spiro atoms. The van der Waals surface area contributed by atoms with Gasteiger partial charge in [0.2, 0.25) is 11.9 Å². The van der Waals surface area contributed by atoms with E-state index in [0.717, 1.165) is 59.7 Å². The van der Waals surface area contributed by atoms with E-state index in [-0.39, 0.29) is 11.9 Å². The number of nitrogens with one attached hydrogen (secondary N) is 3. The number of carbonyl (C=O) groups is 1. The monoisotopic (exact) mass is 502 g/mol. The smallest absolute Gasteiger partial charge is 0.256 e. The molecule has 37 heavy (non-hydrogen) atoms. The van der Waals surface area contributed by atoms with Gasteiger partial charge in [0.05, 0.1) is 36.2 Å². The molecule has 1 saturated heterocycles. The molecule has 0 radical (unpaired) electrons. The van der Waals surface area contributed by atoms with Gasteiger partial charge in [-0.1, -0.05) is 25.5 Å². The Balaban J connectivity index is 1.35. The minimum Gasteiger partial charge on any atom is -0.478 e. The molecule has 1 aliphatic heterocycles. The molecular formula is C27H34N8O2. The number of piperidine rings is 1. The number of hydrogen-bond donors (Lipinski definition) is 3. The highest BCUT2D eigenvalue weighted by Crippen LogP contribution is 2.33. The van der Waals surface area contributed by atoms with Crippen LogP contribution in [0.5, 0.6) is 5.88 Å². The Bertz CT molecular complexity index is 1390. The van der Waals surface area contributed by atoms with Crippen LogP contribution in [0.4, 0.5) is 17.3 Å². The van der Waals surface area contributed by atoms with E-state index < -0.39 is 0 Å². The van der Waals surface area contributed by atoms with Crippen molar-refractivity contribution in [1.29, 1.82) is 0 Å². The molecule has 3 aromatic heterocycles. The van der Waals surface area contributed by atoms with E-state index in [1.165, 1.54) is 6.42 Å². The van der Waals surface area contributed by atoms with Crippen molar-refractivity contribution in [2.45, 2.75) is 39.2 Å². The molecule has 1 aromatic carbocycles. The van der Waals surface area contributed by atoms with Crippen LogP contribution in [0.2, 0.25) is 0 Å². The predicted molar refractivity (Wildman–Crippen MR) is 145 cm³/mol. The molecule has 0 unspecified atom stereocenters. The highest BCUT2D eigenvalue weighted by molar-refractivity contribution is 6.06. The summed E-state index contributed by atoms with van der Waals surface area (Å²) in [6.45, 7) is 6.19. The number of likely N-dealkylation sites (tertiary alicyclic amines) is 1. The number of aromatic amines is 1. The summed E-state index contributed by atoms with van der Waals surface area (Å²) >= 11 is 0. The van der Waals surface area contributed by atoms with E-state index in [2.05, 4.69) is 37.5 Å². The van der Waals surface area contributed by atoms with Crippen LogP contribution in [0.1, 0.15) is 33.1 Å². The lowest BCUT2D eigenvalue weighted by Gasteiger charge is -2.35. The number of ether oxygens (including phenoxy) is 1. The van der Waals surface area contributed by atoms with Gasteiger partial charge in [-0.15, -0.1) is 5.10 Å². The summed E-state index contributed by atoms with van der Waals surface area (Å²) in [6, 6.07) is 7.59. The quantitative estimate of drug-likeness (QED) is 0.324. The van der Waals surface area contributed by atoms with E-state index >= 15 is 0 Å². The highest BCUT2D eigenvalue weighted by atomic mass is 16.5. The van der Waals surface area contributed by atoms with Crippen LogP contribution in [-0.4, -0.2) is 61.8 Å². The zero-order chi connectivity index (χ0) is 25.9. The van der Waals surface area contributed by atoms with Crippen molar-refractivity contribution in [2.24, 2.45) is 13.0 Å². The highest BCUT2D eigenvalue weighted by Gasteiger charge is 2.26. The summed E-state index contributed by atoms with van der Waals surface area (Å²) in [5, 5.41) is 11.6. The molecule has 1 aliphatic rings. The summed E-state index contributed by atoms with van der Waals surface area (Å²) in [5.41, 5.74) is 3.98. The number of methoxy groups -OCH3 is 1. The Hall–Kier alpha value is -3.92. The molecule has 194 valence electrons. The first-order chi connectivity index (χ1) is 18.0. The summed E-state index contributed by atoms with van der Waals surface area (Å²) in [7, 11) is 3.39. The molecule has 5 rings (SSSR count). The fourth-order valence-electron chi connectivity index (χ4n) is 5.02. The lowest BCUT2D eigenvalue weighted by molar-refractivity contribution is -0.121. The number of H-pyrrole nitrogens is 1. The number of carbonyl (C=O) groups excluding carboxylic acids is 1. The molecule has 1 amide bonds. The minimum atomic E-state index is -0.178. The third-order valence-electron chi connectivity index (χ3n) is 7.29. The van der Waals surface area contributed by atoms with Gasteiger partial charge in [0.25, 0.3) is 5.88 Å². The van der Waals surface area contributed by atoms with Crippen molar-refractivity contribution < 1.29 is 9.53 Å². The van der Waals surface area contributed by atoms with Gasteiger partial charge in [0.1, 0.15) is 5.69 Å². The third kappa shape index (κ3) is 5.15. The first kappa shape index (κ1) is 24.8. The van der Waals surface area contributed by atoms with Gasteiger partial charge in [0.15, 0.2) is 0 Å². The van der Waals surface area contributed by atoms with Crippen molar-refractivity contribution in [2.75, 3.05) is 30.8 Å². The molecule has 1 atom stereocenters. The molecule has 3 N–H and O–H groups in total. The topological polar surface area (TPSA) is 113 Å². The number of nitrogens with zero attached hydrogens (tertiary/aromatic N) is 5. The average molecular weight is 503 g/mol. The Morgan fingerprint density at radius 3 is 2.81 bits per heavy atom. The fourth-order valence-corrected chi connectivity index (χ4v) is 5.02. The zero-order valence-corrected chi connectivity index (χ0v) is 21.8. The molecule has 0 bridgehead atoms. The van der Waals surface area contributed by atoms with E-state index in [9.17, 15) is 4.79 Å². The van der Waals surface area contributed by atoms with Crippen molar-refractivity contribution in [3.63, 3.8) is 0 Å². The number of para-hydroxylation sites is 1. The maximum Gasteiger partial charge on any atom is 0.256 e. The van der Waals surface area contributed by atoms with Crippen LogP contribution in [-0.2, 0) is 11.8 Å². The van der Waals surface area contributed by atoms with Gasteiger partial charge in [-0.25, -0.2) is 9.97 Å². The lowest BCUT2D eigenvalue weighted by Crippen LogP contribution is -2.46. The van der Waals surface area contributed by atoms with Crippen LogP contribution in [0.15, 0.2) is 42.9 Å². The van der Waals surface area contributed by atoms with E-state index in [1.807, 2.05) is 50.6 Å². The van der Waals surface area contributed by atoms with Crippen LogP contribution < -0.4 is 15.4 Å². The third-order valence-corrected chi connectivity index (χ3v) is 7.29. The number of hydrogen-bond acceptors (Lipinski definition) is 7. The maximum atomic E-state index is 13.1. The second-order valence-electron chi connectivity index (χ2n) is 9.60. The Labute approximate surface area is 216 Å². The summed E-state index contributed by atoms with van der Waals surface area (Å²) in [6.07, 6.45) is 8.97. The molecule has 0 saturated carbocycles. The van der Waals surface area contributed by atoms with Crippen molar-refractivity contribution in [3.05, 3.63) is 42.9 Å². The van der Waals surface area contributed by atoms with Crippen LogP contribution >= 0.6 is 0 Å². The van der Waals surface area contributed by atoms with Crippen molar-refractivity contribution >= 4 is 34.1 Å². The first-order valence-corrected chi connectivity index (χ1v) is 12.8. The number of aromatic nitrogens is 5. The van der Waals surface area contributed by atoms with Gasteiger partial charge in [-0.3, -0.25) is 14.4 Å². The molecule has 0 aliphatic carbocycles. The molecule has 10 heteroatoms. The molecule has 4 heterocycles. The van der Waals surface area contributed by atoms with Gasteiger partial charge in [-0.05, 0) is 50.9 Å². The van der Waals surface area contributed by atoms with Gasteiger partial charge < -0.3 is 20.4 Å². The summed E-state index contributed by atoms with van der Waals surface area (Å²) in [4.78, 5) is 27.8. The maximum absolute atomic E-state index is 13.1.